The van der Waals surface area contributed by atoms with E-state index in [0.29, 0.717) is 5.92 Å². The summed E-state index contributed by atoms with van der Waals surface area (Å²) < 4.78 is 5.97. The van der Waals surface area contributed by atoms with Crippen molar-refractivity contribution in [2.75, 3.05) is 4.90 Å². The number of nitrogens with zero attached hydrogens (tertiary/aromatic N) is 1. The zero-order valence-corrected chi connectivity index (χ0v) is 17.0. The van der Waals surface area contributed by atoms with E-state index in [0.717, 1.165) is 11.9 Å². The molecule has 2 aromatic rings. The molecule has 2 aliphatic rings. The molecule has 0 aromatic heterocycles. The Kier molecular flexibility index (Phi) is 4.72. The molecular weight excluding hydrogens is 345 g/mol. The van der Waals surface area contributed by atoms with Crippen LogP contribution in [0.4, 0.5) is 11.4 Å². The van der Waals surface area contributed by atoms with Gasteiger partial charge in [-0.25, -0.2) is 0 Å². The minimum absolute atomic E-state index is 0.357. The van der Waals surface area contributed by atoms with E-state index in [9.17, 15) is 5.11 Å². The predicted molar refractivity (Wildman–Crippen MR) is 116 cm³/mol. The van der Waals surface area contributed by atoms with E-state index < -0.39 is 11.2 Å². The first-order valence-electron chi connectivity index (χ1n) is 9.87. The first-order chi connectivity index (χ1) is 13.3. The second kappa shape index (κ2) is 6.95. The Bertz CT molecular complexity index is 925. The number of hydrogen-bond donors (Lipinski definition) is 1. The zero-order valence-electron chi connectivity index (χ0n) is 17.0. The van der Waals surface area contributed by atoms with Crippen molar-refractivity contribution in [3.05, 3.63) is 78.0 Å². The third kappa shape index (κ3) is 3.32. The largest absolute Gasteiger partial charge is 0.427 e. The number of aliphatic hydroxyl groups is 1. The Morgan fingerprint density at radius 1 is 1.07 bits per heavy atom. The molecule has 28 heavy (non-hydrogen) atoms. The fraction of sp³-hybridized carbons (Fsp3) is 0.333. The quantitative estimate of drug-likeness (QED) is 0.780. The van der Waals surface area contributed by atoms with Gasteiger partial charge >= 0.3 is 7.48 Å². The summed E-state index contributed by atoms with van der Waals surface area (Å²) in [5.41, 5.74) is 4.44. The van der Waals surface area contributed by atoms with Crippen LogP contribution in [-0.4, -0.2) is 23.8 Å². The number of anilines is 2. The van der Waals surface area contributed by atoms with Gasteiger partial charge < -0.3 is 14.7 Å². The van der Waals surface area contributed by atoms with E-state index in [1.807, 2.05) is 19.9 Å². The summed E-state index contributed by atoms with van der Waals surface area (Å²) in [6.07, 6.45) is 7.60. The molecule has 1 radical (unpaired) electrons. The smallest absolute Gasteiger partial charge is 0.330 e. The van der Waals surface area contributed by atoms with Crippen molar-refractivity contribution in [1.29, 1.82) is 0 Å². The minimum Gasteiger partial charge on any atom is -0.427 e. The molecule has 1 atom stereocenters. The molecular formula is C24H27BNO2. The van der Waals surface area contributed by atoms with Crippen molar-refractivity contribution >= 4 is 24.3 Å². The van der Waals surface area contributed by atoms with Gasteiger partial charge in [-0.05, 0) is 64.0 Å². The first-order valence-corrected chi connectivity index (χ1v) is 9.87. The Morgan fingerprint density at radius 3 is 2.54 bits per heavy atom. The van der Waals surface area contributed by atoms with Gasteiger partial charge in [-0.1, -0.05) is 47.9 Å². The fourth-order valence-corrected chi connectivity index (χ4v) is 3.63. The third-order valence-electron chi connectivity index (χ3n) is 6.04. The maximum Gasteiger partial charge on any atom is 0.330 e. The van der Waals surface area contributed by atoms with Crippen molar-refractivity contribution in [2.24, 2.45) is 0 Å². The summed E-state index contributed by atoms with van der Waals surface area (Å²) in [6.45, 7) is 7.35. The van der Waals surface area contributed by atoms with E-state index in [-0.39, 0.29) is 0 Å². The van der Waals surface area contributed by atoms with Gasteiger partial charge in [0.15, 0.2) is 0 Å². The summed E-state index contributed by atoms with van der Waals surface area (Å²) in [4.78, 5) is 2.36. The highest BCUT2D eigenvalue weighted by molar-refractivity contribution is 6.47. The lowest BCUT2D eigenvalue weighted by Gasteiger charge is -2.37. The second-order valence-electron chi connectivity index (χ2n) is 8.60. The van der Waals surface area contributed by atoms with Crippen LogP contribution in [0, 0.1) is 0 Å². The van der Waals surface area contributed by atoms with Crippen molar-refractivity contribution in [1.82, 2.24) is 0 Å². The number of para-hydroxylation sites is 1. The normalized spacial score (nSPS) is 18.5. The van der Waals surface area contributed by atoms with E-state index >= 15 is 0 Å². The van der Waals surface area contributed by atoms with Gasteiger partial charge in [0.25, 0.3) is 0 Å². The maximum atomic E-state index is 10.3. The average Bonchev–Trinajstić information content (AvgIpc) is 3.00. The summed E-state index contributed by atoms with van der Waals surface area (Å²) >= 11 is 0. The molecule has 0 bridgehead atoms. The van der Waals surface area contributed by atoms with Crippen LogP contribution in [0.3, 0.4) is 0 Å². The van der Waals surface area contributed by atoms with Crippen LogP contribution in [0.5, 0.6) is 0 Å². The summed E-state index contributed by atoms with van der Waals surface area (Å²) in [5.74, 6) is 0.357. The van der Waals surface area contributed by atoms with Gasteiger partial charge in [0.2, 0.25) is 0 Å². The summed E-state index contributed by atoms with van der Waals surface area (Å²) in [7, 11) is 1.77. The Morgan fingerprint density at radius 2 is 1.82 bits per heavy atom. The van der Waals surface area contributed by atoms with E-state index in [1.165, 1.54) is 22.6 Å². The van der Waals surface area contributed by atoms with Crippen LogP contribution in [0.25, 0.3) is 0 Å². The Labute approximate surface area is 168 Å². The second-order valence-corrected chi connectivity index (χ2v) is 8.60. The topological polar surface area (TPSA) is 32.7 Å². The molecule has 1 unspecified atom stereocenters. The van der Waals surface area contributed by atoms with Gasteiger partial charge in [0.1, 0.15) is 0 Å². The van der Waals surface area contributed by atoms with Crippen LogP contribution >= 0.6 is 0 Å². The standard InChI is InChI=1S/C24H27BNO2/c1-23(2,27)24(3,4)28-25-17-14-15-22-20(16-17)19-12-8-9-13-21(19)26(22)18-10-6-5-7-11-18/h5-11,13-16,19,27H,12H2,1-4H3. The molecule has 1 heterocycles. The molecule has 1 aliphatic carbocycles. The minimum atomic E-state index is -0.936. The monoisotopic (exact) mass is 372 g/mol. The number of allylic oxidation sites excluding steroid dienone is 4. The van der Waals surface area contributed by atoms with Crippen molar-refractivity contribution in [3.63, 3.8) is 0 Å². The van der Waals surface area contributed by atoms with Crippen molar-refractivity contribution in [2.45, 2.75) is 51.2 Å². The van der Waals surface area contributed by atoms with Gasteiger partial charge in [-0.15, -0.1) is 0 Å². The third-order valence-corrected chi connectivity index (χ3v) is 6.04. The van der Waals surface area contributed by atoms with Crippen molar-refractivity contribution in [3.8, 4) is 0 Å². The fourth-order valence-electron chi connectivity index (χ4n) is 3.63. The molecule has 1 N–H and O–H groups in total. The number of benzene rings is 2. The molecule has 4 rings (SSSR count). The number of rotatable bonds is 5. The van der Waals surface area contributed by atoms with Crippen LogP contribution < -0.4 is 10.4 Å². The molecule has 0 spiro atoms. The molecule has 2 aromatic carbocycles. The van der Waals surface area contributed by atoms with E-state index in [1.54, 1.807) is 21.3 Å². The van der Waals surface area contributed by atoms with Crippen LogP contribution in [0.15, 0.2) is 72.5 Å². The Balaban J connectivity index is 1.66. The maximum absolute atomic E-state index is 10.3. The average molecular weight is 372 g/mol. The molecule has 0 saturated heterocycles. The molecule has 1 aliphatic heterocycles. The molecule has 0 fully saturated rings. The summed E-state index contributed by atoms with van der Waals surface area (Å²) in [5, 5.41) is 10.3. The highest BCUT2D eigenvalue weighted by atomic mass is 16.5. The Hall–Kier alpha value is -2.30. The SMILES string of the molecule is CC(C)(O)C(C)(C)O[B]c1ccc2c(c1)C1CC=CC=C1N2c1ccccc1. The van der Waals surface area contributed by atoms with Gasteiger partial charge in [0.05, 0.1) is 11.2 Å². The van der Waals surface area contributed by atoms with Crippen LogP contribution in [-0.2, 0) is 4.65 Å². The molecule has 0 saturated carbocycles. The highest BCUT2D eigenvalue weighted by Gasteiger charge is 2.37. The number of fused-ring (bicyclic) bond motifs is 3. The lowest BCUT2D eigenvalue weighted by atomic mass is 9.80. The van der Waals surface area contributed by atoms with Crippen LogP contribution in [0.1, 0.15) is 45.6 Å². The zero-order chi connectivity index (χ0) is 19.9. The lowest BCUT2D eigenvalue weighted by molar-refractivity contribution is -0.0893. The molecule has 4 heteroatoms. The molecule has 143 valence electrons. The predicted octanol–water partition coefficient (Wildman–Crippen LogP) is 4.58. The van der Waals surface area contributed by atoms with E-state index in [2.05, 4.69) is 65.6 Å². The molecule has 3 nitrogen and oxygen atoms in total. The summed E-state index contributed by atoms with van der Waals surface area (Å²) in [6, 6.07) is 17.0. The van der Waals surface area contributed by atoms with Crippen molar-refractivity contribution < 1.29 is 9.76 Å². The highest BCUT2D eigenvalue weighted by Crippen LogP contribution is 2.49. The first kappa shape index (κ1) is 19.0. The van der Waals surface area contributed by atoms with Crippen LogP contribution in [0.2, 0.25) is 0 Å². The lowest BCUT2D eigenvalue weighted by Crippen LogP contribution is -2.49. The molecule has 0 amide bonds. The van der Waals surface area contributed by atoms with Gasteiger partial charge in [-0.3, -0.25) is 0 Å². The van der Waals surface area contributed by atoms with Gasteiger partial charge in [0, 0.05) is 23.0 Å². The number of hydrogen-bond acceptors (Lipinski definition) is 3. The van der Waals surface area contributed by atoms with E-state index in [4.69, 9.17) is 4.65 Å². The van der Waals surface area contributed by atoms with Gasteiger partial charge in [-0.2, -0.15) is 0 Å².